The Labute approximate surface area is 112 Å². The van der Waals surface area contributed by atoms with Gasteiger partial charge >= 0.3 is 0 Å². The van der Waals surface area contributed by atoms with E-state index in [9.17, 15) is 9.59 Å². The zero-order valence-corrected chi connectivity index (χ0v) is 10.9. The van der Waals surface area contributed by atoms with Crippen LogP contribution in [0.25, 0.3) is 0 Å². The summed E-state index contributed by atoms with van der Waals surface area (Å²) >= 11 is 0. The number of carbonyl (C=O) groups is 2. The van der Waals surface area contributed by atoms with Crippen LogP contribution < -0.4 is 21.5 Å². The maximum Gasteiger partial charge on any atom is 0.237 e. The van der Waals surface area contributed by atoms with Gasteiger partial charge < -0.3 is 21.5 Å². The molecule has 6 nitrogen and oxygen atoms in total. The van der Waals surface area contributed by atoms with Gasteiger partial charge in [-0.25, -0.2) is 0 Å². The second-order valence-corrected chi connectivity index (χ2v) is 4.23. The predicted molar refractivity (Wildman–Crippen MR) is 71.5 cm³/mol. The Balaban J connectivity index is 2.23. The molecule has 0 heterocycles. The van der Waals surface area contributed by atoms with Crippen molar-refractivity contribution in [1.82, 2.24) is 5.32 Å². The first kappa shape index (κ1) is 15.0. The average molecular weight is 265 g/mol. The predicted octanol–water partition coefficient (Wildman–Crippen LogP) is -0.307. The number of hydrogen-bond acceptors (Lipinski definition) is 4. The van der Waals surface area contributed by atoms with E-state index >= 15 is 0 Å². The molecule has 19 heavy (non-hydrogen) atoms. The van der Waals surface area contributed by atoms with Gasteiger partial charge in [-0.2, -0.15) is 0 Å². The minimum absolute atomic E-state index is 0.162. The molecule has 0 saturated carbocycles. The maximum absolute atomic E-state index is 11.4. The first-order valence-electron chi connectivity index (χ1n) is 6.00. The summed E-state index contributed by atoms with van der Waals surface area (Å²) in [6, 6.07) is 6.70. The highest BCUT2D eigenvalue weighted by molar-refractivity contribution is 5.87. The molecule has 0 aliphatic heterocycles. The number of nitrogens with one attached hydrogen (secondary N) is 1. The summed E-state index contributed by atoms with van der Waals surface area (Å²) in [4.78, 5) is 22.0. The molecule has 0 fully saturated rings. The molecule has 6 heteroatoms. The maximum atomic E-state index is 11.4. The van der Waals surface area contributed by atoms with Gasteiger partial charge in [0.2, 0.25) is 11.8 Å². The normalized spacial score (nSPS) is 11.7. The van der Waals surface area contributed by atoms with Gasteiger partial charge in [0.15, 0.2) is 0 Å². The highest BCUT2D eigenvalue weighted by Crippen LogP contribution is 2.11. The number of carbonyl (C=O) groups excluding carboxylic acids is 2. The Morgan fingerprint density at radius 1 is 1.42 bits per heavy atom. The lowest BCUT2D eigenvalue weighted by molar-refractivity contribution is -0.126. The lowest BCUT2D eigenvalue weighted by Crippen LogP contribution is -2.44. The Morgan fingerprint density at radius 2 is 2.16 bits per heavy atom. The quantitative estimate of drug-likeness (QED) is 0.588. The molecule has 0 spiro atoms. The molecule has 1 atom stereocenters. The molecule has 1 aromatic carbocycles. The van der Waals surface area contributed by atoms with Gasteiger partial charge in [-0.15, -0.1) is 0 Å². The number of amides is 2. The van der Waals surface area contributed by atoms with Gasteiger partial charge in [-0.05, 0) is 24.6 Å². The molecule has 1 aromatic rings. The van der Waals surface area contributed by atoms with Gasteiger partial charge in [0.05, 0.1) is 19.0 Å². The summed E-state index contributed by atoms with van der Waals surface area (Å²) in [5.74, 6) is -0.263. The van der Waals surface area contributed by atoms with Crippen LogP contribution in [0.5, 0.6) is 5.75 Å². The number of hydrogen-bond donors (Lipinski definition) is 3. The van der Waals surface area contributed by atoms with Crippen molar-refractivity contribution in [2.75, 3.05) is 13.2 Å². The summed E-state index contributed by atoms with van der Waals surface area (Å²) < 4.78 is 5.45. The number of primary amides is 1. The van der Waals surface area contributed by atoms with E-state index < -0.39 is 17.9 Å². The van der Waals surface area contributed by atoms with Crippen LogP contribution >= 0.6 is 0 Å². The molecule has 0 aromatic heterocycles. The largest absolute Gasteiger partial charge is 0.492 e. The summed E-state index contributed by atoms with van der Waals surface area (Å²) in [5, 5.41) is 2.58. The first-order chi connectivity index (χ1) is 8.99. The smallest absolute Gasteiger partial charge is 0.237 e. The Hall–Kier alpha value is -2.08. The SMILES string of the molecule is Cc1cccc(OCCNC(=O)C(N)CC(N)=O)c1. The first-order valence-corrected chi connectivity index (χ1v) is 6.00. The van der Waals surface area contributed by atoms with Crippen molar-refractivity contribution in [2.45, 2.75) is 19.4 Å². The van der Waals surface area contributed by atoms with Crippen molar-refractivity contribution in [3.8, 4) is 5.75 Å². The molecular weight excluding hydrogens is 246 g/mol. The summed E-state index contributed by atoms with van der Waals surface area (Å²) in [6.07, 6.45) is -0.162. The second-order valence-electron chi connectivity index (χ2n) is 4.23. The molecular formula is C13H19N3O3. The van der Waals surface area contributed by atoms with Crippen LogP contribution in [-0.2, 0) is 9.59 Å². The highest BCUT2D eigenvalue weighted by atomic mass is 16.5. The van der Waals surface area contributed by atoms with E-state index in [1.807, 2.05) is 31.2 Å². The number of ether oxygens (including phenoxy) is 1. The van der Waals surface area contributed by atoms with E-state index in [0.717, 1.165) is 11.3 Å². The van der Waals surface area contributed by atoms with Crippen molar-refractivity contribution in [3.63, 3.8) is 0 Å². The lowest BCUT2D eigenvalue weighted by atomic mass is 10.2. The third kappa shape index (κ3) is 5.87. The number of nitrogens with two attached hydrogens (primary N) is 2. The molecule has 0 aliphatic carbocycles. The van der Waals surface area contributed by atoms with Gasteiger partial charge in [0.1, 0.15) is 12.4 Å². The van der Waals surface area contributed by atoms with Gasteiger partial charge in [0.25, 0.3) is 0 Å². The minimum Gasteiger partial charge on any atom is -0.492 e. The third-order valence-electron chi connectivity index (χ3n) is 2.42. The van der Waals surface area contributed by atoms with Crippen molar-refractivity contribution in [1.29, 1.82) is 0 Å². The molecule has 1 rings (SSSR count). The number of aryl methyl sites for hydroxylation is 1. The molecule has 0 bridgehead atoms. The van der Waals surface area contributed by atoms with Crippen molar-refractivity contribution < 1.29 is 14.3 Å². The van der Waals surface area contributed by atoms with Crippen LogP contribution in [0.15, 0.2) is 24.3 Å². The Morgan fingerprint density at radius 3 is 2.79 bits per heavy atom. The zero-order chi connectivity index (χ0) is 14.3. The van der Waals surface area contributed by atoms with Crippen LogP contribution in [0, 0.1) is 6.92 Å². The third-order valence-corrected chi connectivity index (χ3v) is 2.42. The van der Waals surface area contributed by atoms with Crippen molar-refractivity contribution in [2.24, 2.45) is 11.5 Å². The molecule has 0 aliphatic rings. The molecule has 104 valence electrons. The van der Waals surface area contributed by atoms with Gasteiger partial charge in [-0.3, -0.25) is 9.59 Å². The lowest BCUT2D eigenvalue weighted by Gasteiger charge is -2.11. The van der Waals surface area contributed by atoms with Crippen LogP contribution in [0.3, 0.4) is 0 Å². The minimum atomic E-state index is -0.906. The highest BCUT2D eigenvalue weighted by Gasteiger charge is 2.14. The summed E-state index contributed by atoms with van der Waals surface area (Å²) in [7, 11) is 0. The topological polar surface area (TPSA) is 107 Å². The number of rotatable bonds is 7. The number of benzene rings is 1. The monoisotopic (exact) mass is 265 g/mol. The van der Waals surface area contributed by atoms with Crippen LogP contribution in [0.4, 0.5) is 0 Å². The second kappa shape index (κ2) is 7.38. The molecule has 5 N–H and O–H groups in total. The van der Waals surface area contributed by atoms with E-state index in [1.165, 1.54) is 0 Å². The summed E-state index contributed by atoms with van der Waals surface area (Å²) in [6.45, 7) is 2.62. The van der Waals surface area contributed by atoms with E-state index in [2.05, 4.69) is 5.32 Å². The fourth-order valence-corrected chi connectivity index (χ4v) is 1.49. The van der Waals surface area contributed by atoms with Crippen molar-refractivity contribution in [3.05, 3.63) is 29.8 Å². The van der Waals surface area contributed by atoms with Crippen LogP contribution in [0.2, 0.25) is 0 Å². The standard InChI is InChI=1S/C13H19N3O3/c1-9-3-2-4-10(7-9)19-6-5-16-13(18)11(14)8-12(15)17/h2-4,7,11H,5-6,8,14H2,1H3,(H2,15,17)(H,16,18). The fourth-order valence-electron chi connectivity index (χ4n) is 1.49. The Bertz CT molecular complexity index is 449. The zero-order valence-electron chi connectivity index (χ0n) is 10.9. The van der Waals surface area contributed by atoms with E-state index in [0.29, 0.717) is 13.2 Å². The van der Waals surface area contributed by atoms with E-state index in [-0.39, 0.29) is 6.42 Å². The van der Waals surface area contributed by atoms with Gasteiger partial charge in [0, 0.05) is 0 Å². The molecule has 0 radical (unpaired) electrons. The van der Waals surface area contributed by atoms with Crippen LogP contribution in [-0.4, -0.2) is 31.0 Å². The van der Waals surface area contributed by atoms with E-state index in [4.69, 9.17) is 16.2 Å². The molecule has 2 amide bonds. The molecule has 0 saturated heterocycles. The summed E-state index contributed by atoms with van der Waals surface area (Å²) in [5.41, 5.74) is 11.5. The van der Waals surface area contributed by atoms with Crippen LogP contribution in [0.1, 0.15) is 12.0 Å². The average Bonchev–Trinajstić information content (AvgIpc) is 2.33. The van der Waals surface area contributed by atoms with Crippen molar-refractivity contribution >= 4 is 11.8 Å². The van der Waals surface area contributed by atoms with Gasteiger partial charge in [-0.1, -0.05) is 12.1 Å². The fraction of sp³-hybridized carbons (Fsp3) is 0.385. The Kier molecular flexibility index (Phi) is 5.81. The molecule has 1 unspecified atom stereocenters. The van der Waals surface area contributed by atoms with E-state index in [1.54, 1.807) is 0 Å².